The number of rotatable bonds is 7. The van der Waals surface area contributed by atoms with Gasteiger partial charge in [0, 0.05) is 22.3 Å². The van der Waals surface area contributed by atoms with Gasteiger partial charge in [-0.2, -0.15) is 4.98 Å². The monoisotopic (exact) mass is 417 g/mol. The van der Waals surface area contributed by atoms with Crippen LogP contribution in [0.25, 0.3) is 11.4 Å². The van der Waals surface area contributed by atoms with Gasteiger partial charge in [0.05, 0.1) is 5.69 Å². The highest BCUT2D eigenvalue weighted by molar-refractivity contribution is 7.99. The first-order valence-electron chi connectivity index (χ1n) is 9.33. The zero-order valence-corrected chi connectivity index (χ0v) is 17.1. The lowest BCUT2D eigenvalue weighted by molar-refractivity contribution is -0.118. The molecule has 4 aromatic rings. The summed E-state index contributed by atoms with van der Waals surface area (Å²) < 4.78 is 10.6. The molecule has 6 nitrogen and oxygen atoms in total. The van der Waals surface area contributed by atoms with Crippen LogP contribution in [0.4, 0.5) is 5.69 Å². The zero-order chi connectivity index (χ0) is 20.8. The Kier molecular flexibility index (Phi) is 6.10. The predicted octanol–water partition coefficient (Wildman–Crippen LogP) is 5.21. The molecule has 0 saturated heterocycles. The number of anilines is 1. The van der Waals surface area contributed by atoms with E-state index < -0.39 is 0 Å². The molecule has 1 N–H and O–H groups in total. The Labute approximate surface area is 178 Å². The largest absolute Gasteiger partial charge is 0.484 e. The van der Waals surface area contributed by atoms with Gasteiger partial charge in [-0.15, -0.1) is 0 Å². The van der Waals surface area contributed by atoms with E-state index in [4.69, 9.17) is 9.26 Å². The summed E-state index contributed by atoms with van der Waals surface area (Å²) in [5.74, 6) is 1.38. The highest BCUT2D eigenvalue weighted by atomic mass is 32.2. The first-order chi connectivity index (χ1) is 14.7. The van der Waals surface area contributed by atoms with Crippen LogP contribution in [0.15, 0.2) is 93.2 Å². The van der Waals surface area contributed by atoms with Crippen molar-refractivity contribution in [1.82, 2.24) is 10.1 Å². The molecule has 0 aliphatic rings. The number of carbonyl (C=O) groups excluding carboxylic acids is 1. The first kappa shape index (κ1) is 19.7. The summed E-state index contributed by atoms with van der Waals surface area (Å²) in [7, 11) is 0. The van der Waals surface area contributed by atoms with Gasteiger partial charge < -0.3 is 14.6 Å². The molecule has 1 amide bonds. The normalized spacial score (nSPS) is 10.6. The van der Waals surface area contributed by atoms with Crippen LogP contribution in [0.2, 0.25) is 0 Å². The molecule has 1 heterocycles. The van der Waals surface area contributed by atoms with Crippen molar-refractivity contribution < 1.29 is 14.1 Å². The minimum Gasteiger partial charge on any atom is -0.484 e. The lowest BCUT2D eigenvalue weighted by Crippen LogP contribution is -2.20. The number of carbonyl (C=O) groups is 1. The second kappa shape index (κ2) is 9.28. The summed E-state index contributed by atoms with van der Waals surface area (Å²) in [4.78, 5) is 18.7. The fourth-order valence-electron chi connectivity index (χ4n) is 2.73. The smallest absolute Gasteiger partial charge is 0.262 e. The molecular formula is C23H19N3O3S. The molecule has 0 radical (unpaired) electrons. The van der Waals surface area contributed by atoms with E-state index in [-0.39, 0.29) is 12.5 Å². The molecule has 0 bridgehead atoms. The van der Waals surface area contributed by atoms with Crippen LogP contribution in [-0.2, 0) is 4.79 Å². The van der Waals surface area contributed by atoms with Crippen molar-refractivity contribution in [3.8, 4) is 17.1 Å². The standard InChI is InChI=1S/C23H19N3O3S/c1-16-24-23(26-29-16)17-11-13-18(14-12-17)28-15-22(27)25-20-9-5-6-10-21(20)30-19-7-3-2-4-8-19/h2-14H,15H2,1H3,(H,25,27). The molecule has 4 rings (SSSR count). The van der Waals surface area contributed by atoms with E-state index in [0.29, 0.717) is 17.5 Å². The third-order valence-electron chi connectivity index (χ3n) is 4.14. The Hall–Kier alpha value is -3.58. The minimum absolute atomic E-state index is 0.0923. The number of aromatic nitrogens is 2. The number of aryl methyl sites for hydroxylation is 1. The van der Waals surface area contributed by atoms with Crippen molar-refractivity contribution in [2.24, 2.45) is 0 Å². The maximum atomic E-state index is 12.4. The van der Waals surface area contributed by atoms with Crippen LogP contribution in [0.1, 0.15) is 5.89 Å². The molecule has 7 heteroatoms. The molecule has 0 saturated carbocycles. The van der Waals surface area contributed by atoms with Gasteiger partial charge in [0.1, 0.15) is 5.75 Å². The van der Waals surface area contributed by atoms with Crippen molar-refractivity contribution in [3.05, 3.63) is 84.8 Å². The number of hydrogen-bond acceptors (Lipinski definition) is 6. The summed E-state index contributed by atoms with van der Waals surface area (Å²) in [6.45, 7) is 1.65. The van der Waals surface area contributed by atoms with Gasteiger partial charge in [0.2, 0.25) is 11.7 Å². The highest BCUT2D eigenvalue weighted by Gasteiger charge is 2.10. The van der Waals surface area contributed by atoms with E-state index >= 15 is 0 Å². The second-order valence-corrected chi connectivity index (χ2v) is 7.52. The highest BCUT2D eigenvalue weighted by Crippen LogP contribution is 2.33. The molecule has 0 atom stereocenters. The van der Waals surface area contributed by atoms with E-state index in [1.54, 1.807) is 30.8 Å². The van der Waals surface area contributed by atoms with Crippen LogP contribution in [0, 0.1) is 6.92 Å². The lowest BCUT2D eigenvalue weighted by Gasteiger charge is -2.11. The van der Waals surface area contributed by atoms with Crippen molar-refractivity contribution in [2.45, 2.75) is 16.7 Å². The third kappa shape index (κ3) is 5.07. The van der Waals surface area contributed by atoms with Gasteiger partial charge in [-0.05, 0) is 48.5 Å². The molecule has 0 fully saturated rings. The maximum Gasteiger partial charge on any atom is 0.262 e. The number of nitrogens with zero attached hydrogens (tertiary/aromatic N) is 2. The Balaban J connectivity index is 1.35. The lowest BCUT2D eigenvalue weighted by atomic mass is 10.2. The van der Waals surface area contributed by atoms with Crippen LogP contribution in [0.3, 0.4) is 0 Å². The summed E-state index contributed by atoms with van der Waals surface area (Å²) in [6, 6.07) is 24.9. The minimum atomic E-state index is -0.228. The van der Waals surface area contributed by atoms with Gasteiger partial charge >= 0.3 is 0 Å². The van der Waals surface area contributed by atoms with Gasteiger partial charge in [-0.3, -0.25) is 4.79 Å². The number of ether oxygens (including phenoxy) is 1. The van der Waals surface area contributed by atoms with Crippen LogP contribution in [0.5, 0.6) is 5.75 Å². The Morgan fingerprint density at radius 2 is 1.73 bits per heavy atom. The molecule has 30 heavy (non-hydrogen) atoms. The van der Waals surface area contributed by atoms with Gasteiger partial charge in [-0.25, -0.2) is 0 Å². The molecule has 1 aromatic heterocycles. The molecule has 0 spiro atoms. The Bertz CT molecular complexity index is 1130. The van der Waals surface area contributed by atoms with Gasteiger partial charge in [0.15, 0.2) is 6.61 Å². The number of hydrogen-bond donors (Lipinski definition) is 1. The molecule has 150 valence electrons. The number of benzene rings is 3. The van der Waals surface area contributed by atoms with Crippen LogP contribution >= 0.6 is 11.8 Å². The van der Waals surface area contributed by atoms with E-state index in [9.17, 15) is 4.79 Å². The molecular weight excluding hydrogens is 398 g/mol. The van der Waals surface area contributed by atoms with Crippen molar-refractivity contribution >= 4 is 23.4 Å². The number of para-hydroxylation sites is 1. The predicted molar refractivity (Wildman–Crippen MR) is 116 cm³/mol. The summed E-state index contributed by atoms with van der Waals surface area (Å²) >= 11 is 1.60. The van der Waals surface area contributed by atoms with Crippen LogP contribution in [-0.4, -0.2) is 22.7 Å². The average Bonchev–Trinajstić information content (AvgIpc) is 3.21. The topological polar surface area (TPSA) is 77.2 Å². The van der Waals surface area contributed by atoms with Crippen molar-refractivity contribution in [2.75, 3.05) is 11.9 Å². The third-order valence-corrected chi connectivity index (χ3v) is 5.23. The van der Waals surface area contributed by atoms with Gasteiger partial charge in [-0.1, -0.05) is 47.3 Å². The SMILES string of the molecule is Cc1nc(-c2ccc(OCC(=O)Nc3ccccc3Sc3ccccc3)cc2)no1. The molecule has 0 unspecified atom stereocenters. The van der Waals surface area contributed by atoms with E-state index in [2.05, 4.69) is 15.5 Å². The molecule has 0 aliphatic carbocycles. The fraction of sp³-hybridized carbons (Fsp3) is 0.0870. The number of nitrogens with one attached hydrogen (secondary N) is 1. The number of amides is 1. The maximum absolute atomic E-state index is 12.4. The van der Waals surface area contributed by atoms with Gasteiger partial charge in [0.25, 0.3) is 5.91 Å². The second-order valence-electron chi connectivity index (χ2n) is 6.41. The van der Waals surface area contributed by atoms with E-state index in [1.165, 1.54) is 0 Å². The summed E-state index contributed by atoms with van der Waals surface area (Å²) in [6.07, 6.45) is 0. The Morgan fingerprint density at radius 1 is 1.00 bits per heavy atom. The van der Waals surface area contributed by atoms with Crippen LogP contribution < -0.4 is 10.1 Å². The van der Waals surface area contributed by atoms with Crippen molar-refractivity contribution in [3.63, 3.8) is 0 Å². The van der Waals surface area contributed by atoms with E-state index in [0.717, 1.165) is 21.0 Å². The first-order valence-corrected chi connectivity index (χ1v) is 10.1. The summed E-state index contributed by atoms with van der Waals surface area (Å²) in [5, 5.41) is 6.81. The summed E-state index contributed by atoms with van der Waals surface area (Å²) in [5.41, 5.74) is 1.57. The molecule has 3 aromatic carbocycles. The van der Waals surface area contributed by atoms with E-state index in [1.807, 2.05) is 66.7 Å². The zero-order valence-electron chi connectivity index (χ0n) is 16.2. The quantitative estimate of drug-likeness (QED) is 0.445. The Morgan fingerprint density at radius 3 is 2.47 bits per heavy atom. The fourth-order valence-corrected chi connectivity index (χ4v) is 3.65. The molecule has 0 aliphatic heterocycles. The van der Waals surface area contributed by atoms with Crippen molar-refractivity contribution in [1.29, 1.82) is 0 Å². The average molecular weight is 417 g/mol.